The topological polar surface area (TPSA) is 86.7 Å². The molecule has 7 heteroatoms. The minimum Gasteiger partial charge on any atom is -0.457 e. The largest absolute Gasteiger partial charge is 0.457 e. The molecule has 28 heavy (non-hydrogen) atoms. The number of hydrogen-bond acceptors (Lipinski definition) is 6. The number of sulfone groups is 1. The summed E-state index contributed by atoms with van der Waals surface area (Å²) in [6.45, 7) is -0.0842. The summed E-state index contributed by atoms with van der Waals surface area (Å²) < 4.78 is 41.1. The summed E-state index contributed by atoms with van der Waals surface area (Å²) in [6, 6.07) is 18.7. The van der Waals surface area contributed by atoms with Gasteiger partial charge in [0.25, 0.3) is 0 Å². The molecule has 0 saturated carbocycles. The van der Waals surface area contributed by atoms with E-state index >= 15 is 0 Å². The van der Waals surface area contributed by atoms with Crippen LogP contribution >= 0.6 is 0 Å². The highest BCUT2D eigenvalue weighted by Gasteiger charge is 2.23. The van der Waals surface area contributed by atoms with Crippen LogP contribution in [-0.4, -0.2) is 14.4 Å². The number of ether oxygens (including phenoxy) is 1. The Hall–Kier alpha value is -3.32. The Kier molecular flexibility index (Phi) is 4.75. The van der Waals surface area contributed by atoms with Gasteiger partial charge in [-0.1, -0.05) is 36.4 Å². The first-order valence-electron chi connectivity index (χ1n) is 8.52. The fourth-order valence-electron chi connectivity index (χ4n) is 2.85. The van der Waals surface area contributed by atoms with Gasteiger partial charge in [-0.05, 0) is 30.3 Å². The molecule has 0 fully saturated rings. The summed E-state index contributed by atoms with van der Waals surface area (Å²) >= 11 is 0. The maximum Gasteiger partial charge on any atom is 0.374 e. The minimum absolute atomic E-state index is 0.0842. The number of carbonyl (C=O) groups is 1. The predicted molar refractivity (Wildman–Crippen MR) is 101 cm³/mol. The lowest BCUT2D eigenvalue weighted by molar-refractivity contribution is 0.0410. The Morgan fingerprint density at radius 2 is 1.71 bits per heavy atom. The predicted octanol–water partition coefficient (Wildman–Crippen LogP) is 4.36. The Balaban J connectivity index is 1.48. The van der Waals surface area contributed by atoms with Crippen molar-refractivity contribution in [3.8, 4) is 0 Å². The van der Waals surface area contributed by atoms with Crippen LogP contribution in [0.15, 0.2) is 86.7 Å². The fourth-order valence-corrected chi connectivity index (χ4v) is 4.23. The van der Waals surface area contributed by atoms with Crippen molar-refractivity contribution in [2.45, 2.75) is 17.3 Å². The van der Waals surface area contributed by atoms with Crippen molar-refractivity contribution in [1.29, 1.82) is 0 Å². The molecular formula is C21H16O6S. The van der Waals surface area contributed by atoms with Crippen molar-refractivity contribution in [2.24, 2.45) is 0 Å². The average Bonchev–Trinajstić information content (AvgIpc) is 3.33. The molecule has 0 aliphatic heterocycles. The van der Waals surface area contributed by atoms with Crippen molar-refractivity contribution in [3.05, 3.63) is 90.1 Å². The number of carbonyl (C=O) groups excluding carboxylic acids is 1. The number of furan rings is 2. The van der Waals surface area contributed by atoms with Crippen LogP contribution in [-0.2, 0) is 26.9 Å². The van der Waals surface area contributed by atoms with E-state index in [0.29, 0.717) is 11.3 Å². The Morgan fingerprint density at radius 3 is 2.50 bits per heavy atom. The molecule has 0 N–H and O–H groups in total. The smallest absolute Gasteiger partial charge is 0.374 e. The second kappa shape index (κ2) is 7.36. The number of rotatable bonds is 6. The number of hydrogen-bond donors (Lipinski definition) is 0. The zero-order valence-electron chi connectivity index (χ0n) is 14.7. The lowest BCUT2D eigenvalue weighted by atomic mass is 10.2. The van der Waals surface area contributed by atoms with Gasteiger partial charge in [0.15, 0.2) is 9.84 Å². The van der Waals surface area contributed by atoms with Gasteiger partial charge in [-0.3, -0.25) is 0 Å². The van der Waals surface area contributed by atoms with Gasteiger partial charge in [0.1, 0.15) is 18.0 Å². The molecule has 0 amide bonds. The second-order valence-corrected chi connectivity index (χ2v) is 8.16. The SMILES string of the molecule is O=C(OCc1cc2ccccc2o1)c1occc1CS(=O)(=O)c1ccccc1. The Morgan fingerprint density at radius 1 is 0.964 bits per heavy atom. The first-order chi connectivity index (χ1) is 13.5. The van der Waals surface area contributed by atoms with Crippen molar-refractivity contribution in [2.75, 3.05) is 0 Å². The number of fused-ring (bicyclic) bond motifs is 1. The summed E-state index contributed by atoms with van der Waals surface area (Å²) in [5.41, 5.74) is 0.944. The maximum absolute atomic E-state index is 12.5. The van der Waals surface area contributed by atoms with Gasteiger partial charge in [0.2, 0.25) is 5.76 Å². The Bertz CT molecular complexity index is 1190. The third kappa shape index (κ3) is 3.70. The maximum atomic E-state index is 12.5. The van der Waals surface area contributed by atoms with Crippen LogP contribution in [0.25, 0.3) is 11.0 Å². The first-order valence-corrected chi connectivity index (χ1v) is 10.2. The number of benzene rings is 2. The zero-order valence-corrected chi connectivity index (χ0v) is 15.5. The van der Waals surface area contributed by atoms with Crippen LogP contribution in [0.4, 0.5) is 0 Å². The third-order valence-corrected chi connectivity index (χ3v) is 5.88. The van der Waals surface area contributed by atoms with E-state index in [1.54, 1.807) is 24.3 Å². The van der Waals surface area contributed by atoms with Crippen molar-refractivity contribution >= 4 is 26.8 Å². The molecule has 0 saturated heterocycles. The lowest BCUT2D eigenvalue weighted by Crippen LogP contribution is -2.10. The van der Waals surface area contributed by atoms with E-state index in [0.717, 1.165) is 5.39 Å². The van der Waals surface area contributed by atoms with Crippen LogP contribution < -0.4 is 0 Å². The molecule has 2 aromatic carbocycles. The van der Waals surface area contributed by atoms with Crippen molar-refractivity contribution < 1.29 is 26.8 Å². The molecule has 2 aromatic heterocycles. The third-order valence-electron chi connectivity index (χ3n) is 4.20. The fraction of sp³-hybridized carbons (Fsp3) is 0.0952. The van der Waals surface area contributed by atoms with Crippen LogP contribution in [0.1, 0.15) is 21.9 Å². The van der Waals surface area contributed by atoms with Gasteiger partial charge in [0, 0.05) is 10.9 Å². The molecule has 0 bridgehead atoms. The molecule has 0 radical (unpaired) electrons. The van der Waals surface area contributed by atoms with Crippen LogP contribution in [0.5, 0.6) is 0 Å². The average molecular weight is 396 g/mol. The van der Waals surface area contributed by atoms with E-state index in [1.807, 2.05) is 24.3 Å². The van der Waals surface area contributed by atoms with E-state index in [2.05, 4.69) is 0 Å². The summed E-state index contributed by atoms with van der Waals surface area (Å²) in [5, 5.41) is 0.904. The summed E-state index contributed by atoms with van der Waals surface area (Å²) in [4.78, 5) is 12.6. The molecule has 142 valence electrons. The summed E-state index contributed by atoms with van der Waals surface area (Å²) in [5.74, 6) is -0.748. The highest BCUT2D eigenvalue weighted by Crippen LogP contribution is 2.22. The van der Waals surface area contributed by atoms with Gasteiger partial charge < -0.3 is 13.6 Å². The van der Waals surface area contributed by atoms with Crippen LogP contribution in [0.2, 0.25) is 0 Å². The molecule has 0 unspecified atom stereocenters. The standard InChI is InChI=1S/C21H16O6S/c22-21(26-13-17-12-15-6-4-5-9-19(15)27-17)20-16(10-11-25-20)14-28(23,24)18-7-2-1-3-8-18/h1-12H,13-14H2. The minimum atomic E-state index is -3.61. The molecule has 0 atom stereocenters. The highest BCUT2D eigenvalue weighted by molar-refractivity contribution is 7.90. The quantitative estimate of drug-likeness (QED) is 0.450. The van der Waals surface area contributed by atoms with Gasteiger partial charge >= 0.3 is 5.97 Å². The van der Waals surface area contributed by atoms with E-state index in [9.17, 15) is 13.2 Å². The van der Waals surface area contributed by atoms with E-state index in [4.69, 9.17) is 13.6 Å². The summed E-state index contributed by atoms with van der Waals surface area (Å²) in [6.07, 6.45) is 1.27. The Labute approximate surface area is 161 Å². The van der Waals surface area contributed by atoms with Gasteiger partial charge in [-0.15, -0.1) is 0 Å². The van der Waals surface area contributed by atoms with Crippen molar-refractivity contribution in [1.82, 2.24) is 0 Å². The van der Waals surface area contributed by atoms with Gasteiger partial charge in [0.05, 0.1) is 16.9 Å². The second-order valence-electron chi connectivity index (χ2n) is 6.17. The molecule has 4 rings (SSSR count). The summed E-state index contributed by atoms with van der Waals surface area (Å²) in [7, 11) is -3.61. The van der Waals surface area contributed by atoms with E-state index in [1.165, 1.54) is 24.5 Å². The molecule has 0 spiro atoms. The molecule has 6 nitrogen and oxygen atoms in total. The first kappa shape index (κ1) is 18.1. The molecule has 0 aliphatic rings. The van der Waals surface area contributed by atoms with E-state index in [-0.39, 0.29) is 28.6 Å². The number of para-hydroxylation sites is 1. The zero-order chi connectivity index (χ0) is 19.6. The van der Waals surface area contributed by atoms with Gasteiger partial charge in [-0.2, -0.15) is 0 Å². The monoisotopic (exact) mass is 396 g/mol. The van der Waals surface area contributed by atoms with E-state index < -0.39 is 15.8 Å². The highest BCUT2D eigenvalue weighted by atomic mass is 32.2. The van der Waals surface area contributed by atoms with Gasteiger partial charge in [-0.25, -0.2) is 13.2 Å². The van der Waals surface area contributed by atoms with Crippen LogP contribution in [0, 0.1) is 0 Å². The molecular weight excluding hydrogens is 380 g/mol. The van der Waals surface area contributed by atoms with Crippen molar-refractivity contribution in [3.63, 3.8) is 0 Å². The lowest BCUT2D eigenvalue weighted by Gasteiger charge is -2.05. The number of esters is 1. The van der Waals surface area contributed by atoms with Crippen LogP contribution in [0.3, 0.4) is 0 Å². The molecule has 2 heterocycles. The molecule has 0 aliphatic carbocycles. The molecule has 4 aromatic rings. The normalized spacial score (nSPS) is 11.6.